The quantitative estimate of drug-likeness (QED) is 0.560. The van der Waals surface area contributed by atoms with E-state index >= 15 is 0 Å². The minimum atomic E-state index is -1.70. The fourth-order valence-electron chi connectivity index (χ4n) is 0.376. The van der Waals surface area contributed by atoms with Crippen LogP contribution in [0.4, 0.5) is 0 Å². The number of carboxylic acids is 1. The summed E-state index contributed by atoms with van der Waals surface area (Å²) in [4.78, 5) is 20.4. The molecule has 0 bridgehead atoms. The van der Waals surface area contributed by atoms with Crippen LogP contribution in [0.15, 0.2) is 0 Å². The number of primary amides is 1. The third kappa shape index (κ3) is 3.72. The highest BCUT2D eigenvalue weighted by Crippen LogP contribution is 1.94. The van der Waals surface area contributed by atoms with Crippen LogP contribution in [0.25, 0.3) is 0 Å². The number of nitrogens with two attached hydrogens (primary N) is 1. The Morgan fingerprint density at radius 1 is 1.64 bits per heavy atom. The topological polar surface area (TPSA) is 97.5 Å². The molecule has 0 fully saturated rings. The zero-order chi connectivity index (χ0) is 9.02. The van der Waals surface area contributed by atoms with Crippen molar-refractivity contribution in [3.8, 4) is 0 Å². The average Bonchev–Trinajstić information content (AvgIpc) is 1.84. The van der Waals surface area contributed by atoms with E-state index in [1.165, 1.54) is 6.92 Å². The first-order chi connectivity index (χ1) is 4.95. The minimum absolute atomic E-state index is 0.538. The summed E-state index contributed by atoms with van der Waals surface area (Å²) in [5.41, 5.74) is 4.79. The van der Waals surface area contributed by atoms with Crippen LogP contribution in [-0.2, 0) is 20.4 Å². The zero-order valence-corrected chi connectivity index (χ0v) is 6.76. The Bertz CT molecular complexity index is 203. The third-order valence-corrected chi connectivity index (χ3v) is 2.61. The second-order valence-electron chi connectivity index (χ2n) is 1.96. The lowest BCUT2D eigenvalue weighted by molar-refractivity contribution is -0.133. The van der Waals surface area contributed by atoms with Gasteiger partial charge >= 0.3 is 5.97 Å². The Morgan fingerprint density at radius 3 is 2.36 bits per heavy atom. The van der Waals surface area contributed by atoms with E-state index in [9.17, 15) is 13.8 Å². The fourth-order valence-corrected chi connectivity index (χ4v) is 1.13. The number of carbonyl (C=O) groups excluding carboxylic acids is 1. The molecule has 0 heterocycles. The van der Waals surface area contributed by atoms with Crippen molar-refractivity contribution in [1.29, 1.82) is 0 Å². The van der Waals surface area contributed by atoms with Crippen LogP contribution < -0.4 is 5.73 Å². The molecule has 0 saturated heterocycles. The minimum Gasteiger partial charge on any atom is -0.481 e. The molecule has 0 saturated carbocycles. The molecule has 0 rings (SSSR count). The van der Waals surface area contributed by atoms with Crippen molar-refractivity contribution >= 4 is 22.7 Å². The summed E-state index contributed by atoms with van der Waals surface area (Å²) in [6.07, 6.45) is 0. The van der Waals surface area contributed by atoms with Crippen molar-refractivity contribution < 1.29 is 18.9 Å². The van der Waals surface area contributed by atoms with Gasteiger partial charge in [-0.05, 0) is 6.92 Å². The smallest absolute Gasteiger partial charge is 0.316 e. The Hall–Kier alpha value is -0.910. The standard InChI is InChI=1S/C5H9NO4S/c1-3(5(6)9)11(10)2-4(7)8/h3H,2H2,1H3,(H2,6,9)(H,7,8). The molecule has 0 radical (unpaired) electrons. The average molecular weight is 179 g/mol. The van der Waals surface area contributed by atoms with Crippen molar-refractivity contribution in [2.75, 3.05) is 5.75 Å². The maximum Gasteiger partial charge on any atom is 0.316 e. The summed E-state index contributed by atoms with van der Waals surface area (Å²) in [7, 11) is -1.70. The van der Waals surface area contributed by atoms with E-state index in [1.54, 1.807) is 0 Å². The van der Waals surface area contributed by atoms with Gasteiger partial charge < -0.3 is 10.8 Å². The lowest BCUT2D eigenvalue weighted by atomic mass is 10.5. The lowest BCUT2D eigenvalue weighted by Gasteiger charge is -2.03. The van der Waals surface area contributed by atoms with Gasteiger partial charge in [0.2, 0.25) is 5.91 Å². The van der Waals surface area contributed by atoms with Gasteiger partial charge in [-0.2, -0.15) is 0 Å². The molecule has 0 aliphatic heterocycles. The molecule has 5 nitrogen and oxygen atoms in total. The van der Waals surface area contributed by atoms with Crippen LogP contribution in [0.3, 0.4) is 0 Å². The molecule has 1 amide bonds. The van der Waals surface area contributed by atoms with Crippen LogP contribution in [0, 0.1) is 0 Å². The third-order valence-electron chi connectivity index (χ3n) is 1.06. The van der Waals surface area contributed by atoms with E-state index in [4.69, 9.17) is 10.8 Å². The number of rotatable bonds is 4. The summed E-state index contributed by atoms with van der Waals surface area (Å²) in [6.45, 7) is 1.33. The van der Waals surface area contributed by atoms with Gasteiger partial charge in [0.1, 0.15) is 11.0 Å². The van der Waals surface area contributed by atoms with Crippen molar-refractivity contribution in [1.82, 2.24) is 0 Å². The van der Waals surface area contributed by atoms with Gasteiger partial charge in [-0.1, -0.05) is 0 Å². The van der Waals surface area contributed by atoms with E-state index in [-0.39, 0.29) is 0 Å². The molecule has 0 aromatic carbocycles. The number of carboxylic acid groups (broad SMARTS) is 1. The maximum atomic E-state index is 10.8. The normalized spacial score (nSPS) is 15.4. The van der Waals surface area contributed by atoms with Gasteiger partial charge in [-0.25, -0.2) is 0 Å². The molecule has 11 heavy (non-hydrogen) atoms. The van der Waals surface area contributed by atoms with Crippen LogP contribution in [-0.4, -0.2) is 32.2 Å². The molecule has 0 aliphatic rings. The Kier molecular flexibility index (Phi) is 3.73. The summed E-state index contributed by atoms with van der Waals surface area (Å²) < 4.78 is 10.8. The summed E-state index contributed by atoms with van der Waals surface area (Å²) in [5, 5.41) is 7.27. The molecule has 0 aromatic rings. The molecule has 64 valence electrons. The molecule has 0 aromatic heterocycles. The van der Waals surface area contributed by atoms with Gasteiger partial charge in [-0.15, -0.1) is 0 Å². The summed E-state index contributed by atoms with van der Waals surface area (Å²) in [5.74, 6) is -2.48. The molecule has 0 spiro atoms. The second-order valence-corrected chi connectivity index (χ2v) is 3.72. The first-order valence-electron chi connectivity index (χ1n) is 2.83. The summed E-state index contributed by atoms with van der Waals surface area (Å²) >= 11 is 0. The number of hydrogen-bond donors (Lipinski definition) is 2. The van der Waals surface area contributed by atoms with Gasteiger partial charge in [0.15, 0.2) is 0 Å². The number of amides is 1. The van der Waals surface area contributed by atoms with E-state index in [2.05, 4.69) is 0 Å². The molecule has 6 heteroatoms. The molecule has 2 unspecified atom stereocenters. The number of carbonyl (C=O) groups is 2. The van der Waals surface area contributed by atoms with Gasteiger partial charge in [0.25, 0.3) is 0 Å². The SMILES string of the molecule is CC(C(N)=O)S(=O)CC(=O)O. The Morgan fingerprint density at radius 2 is 2.09 bits per heavy atom. The molecule has 0 aliphatic carbocycles. The van der Waals surface area contributed by atoms with Gasteiger partial charge in [0.05, 0.1) is 0 Å². The van der Waals surface area contributed by atoms with E-state index in [0.717, 1.165) is 0 Å². The Labute approximate surface area is 66.0 Å². The van der Waals surface area contributed by atoms with E-state index < -0.39 is 33.7 Å². The largest absolute Gasteiger partial charge is 0.481 e. The zero-order valence-electron chi connectivity index (χ0n) is 5.94. The van der Waals surface area contributed by atoms with Gasteiger partial charge in [0, 0.05) is 10.8 Å². The highest BCUT2D eigenvalue weighted by molar-refractivity contribution is 7.87. The highest BCUT2D eigenvalue weighted by atomic mass is 32.2. The van der Waals surface area contributed by atoms with Crippen LogP contribution in [0.5, 0.6) is 0 Å². The lowest BCUT2D eigenvalue weighted by Crippen LogP contribution is -2.32. The summed E-state index contributed by atoms with van der Waals surface area (Å²) in [6, 6.07) is 0. The second kappa shape index (κ2) is 4.07. The first kappa shape index (κ1) is 10.1. The van der Waals surface area contributed by atoms with Crippen molar-refractivity contribution in [3.05, 3.63) is 0 Å². The van der Waals surface area contributed by atoms with Crippen molar-refractivity contribution in [2.45, 2.75) is 12.2 Å². The molecule has 2 atom stereocenters. The van der Waals surface area contributed by atoms with Gasteiger partial charge in [-0.3, -0.25) is 13.8 Å². The van der Waals surface area contributed by atoms with E-state index in [1.807, 2.05) is 0 Å². The fraction of sp³-hybridized carbons (Fsp3) is 0.600. The van der Waals surface area contributed by atoms with Crippen molar-refractivity contribution in [3.63, 3.8) is 0 Å². The predicted molar refractivity (Wildman–Crippen MR) is 39.3 cm³/mol. The number of hydrogen-bond acceptors (Lipinski definition) is 3. The number of aliphatic carboxylic acids is 1. The molecule has 3 N–H and O–H groups in total. The van der Waals surface area contributed by atoms with Crippen LogP contribution in [0.2, 0.25) is 0 Å². The van der Waals surface area contributed by atoms with E-state index in [0.29, 0.717) is 0 Å². The Balaban J connectivity index is 4.04. The first-order valence-corrected chi connectivity index (χ1v) is 4.21. The monoisotopic (exact) mass is 179 g/mol. The van der Waals surface area contributed by atoms with Crippen LogP contribution in [0.1, 0.15) is 6.92 Å². The predicted octanol–water partition coefficient (Wildman–Crippen LogP) is -1.31. The van der Waals surface area contributed by atoms with Crippen molar-refractivity contribution in [2.24, 2.45) is 5.73 Å². The maximum absolute atomic E-state index is 10.8. The molecular formula is C5H9NO4S. The van der Waals surface area contributed by atoms with Crippen LogP contribution >= 0.6 is 0 Å². The highest BCUT2D eigenvalue weighted by Gasteiger charge is 2.18. The molecular weight excluding hydrogens is 170 g/mol.